The molecule has 0 saturated heterocycles. The molecule has 1 atom stereocenters. The number of benzene rings is 1. The van der Waals surface area contributed by atoms with Gasteiger partial charge in [0.1, 0.15) is 6.10 Å². The van der Waals surface area contributed by atoms with Crippen molar-refractivity contribution in [2.45, 2.75) is 32.4 Å². The standard InChI is InChI=1S/C13H15N3O/c1-9-4-6-10(7-5-9)12-14-13-11(17)3-2-8-16(13)15-12/h4-7,11,17H,2-3,8H2,1H3. The van der Waals surface area contributed by atoms with Crippen molar-refractivity contribution in [1.29, 1.82) is 0 Å². The van der Waals surface area contributed by atoms with Crippen LogP contribution in [0, 0.1) is 6.92 Å². The molecule has 4 heteroatoms. The average molecular weight is 229 g/mol. The fourth-order valence-corrected chi connectivity index (χ4v) is 2.15. The Labute approximate surface area is 99.9 Å². The van der Waals surface area contributed by atoms with E-state index in [0.717, 1.165) is 24.9 Å². The number of aliphatic hydroxyl groups excluding tert-OH is 1. The normalized spacial score (nSPS) is 19.1. The first-order chi connectivity index (χ1) is 8.24. The fraction of sp³-hybridized carbons (Fsp3) is 0.385. The van der Waals surface area contributed by atoms with Crippen LogP contribution < -0.4 is 0 Å². The van der Waals surface area contributed by atoms with Crippen LogP contribution in [0.2, 0.25) is 0 Å². The molecule has 4 nitrogen and oxygen atoms in total. The Balaban J connectivity index is 2.02. The maximum atomic E-state index is 9.84. The van der Waals surface area contributed by atoms with Gasteiger partial charge in [-0.3, -0.25) is 0 Å². The molecule has 0 fully saturated rings. The van der Waals surface area contributed by atoms with E-state index in [1.165, 1.54) is 5.56 Å². The molecule has 1 aliphatic heterocycles. The molecule has 0 amide bonds. The predicted molar refractivity (Wildman–Crippen MR) is 64.4 cm³/mol. The zero-order valence-electron chi connectivity index (χ0n) is 9.80. The van der Waals surface area contributed by atoms with Gasteiger partial charge in [0.05, 0.1) is 0 Å². The van der Waals surface area contributed by atoms with Crippen molar-refractivity contribution in [3.05, 3.63) is 35.7 Å². The van der Waals surface area contributed by atoms with E-state index in [0.29, 0.717) is 11.6 Å². The van der Waals surface area contributed by atoms with E-state index in [4.69, 9.17) is 0 Å². The van der Waals surface area contributed by atoms with Gasteiger partial charge in [-0.1, -0.05) is 29.8 Å². The minimum Gasteiger partial charge on any atom is -0.385 e. The summed E-state index contributed by atoms with van der Waals surface area (Å²) < 4.78 is 1.82. The van der Waals surface area contributed by atoms with Crippen LogP contribution in [0.15, 0.2) is 24.3 Å². The van der Waals surface area contributed by atoms with Crippen molar-refractivity contribution < 1.29 is 5.11 Å². The number of nitrogens with zero attached hydrogens (tertiary/aromatic N) is 3. The molecule has 1 aromatic heterocycles. The third-order valence-electron chi connectivity index (χ3n) is 3.16. The SMILES string of the molecule is Cc1ccc(-c2nc3n(n2)CCCC3O)cc1. The molecule has 1 aromatic carbocycles. The summed E-state index contributed by atoms with van der Waals surface area (Å²) in [5.41, 5.74) is 2.22. The Morgan fingerprint density at radius 3 is 2.76 bits per heavy atom. The number of fused-ring (bicyclic) bond motifs is 1. The number of aromatic nitrogens is 3. The van der Waals surface area contributed by atoms with Gasteiger partial charge in [0.25, 0.3) is 0 Å². The molecule has 1 unspecified atom stereocenters. The van der Waals surface area contributed by atoms with Crippen LogP contribution in [0.4, 0.5) is 0 Å². The summed E-state index contributed by atoms with van der Waals surface area (Å²) >= 11 is 0. The second-order valence-electron chi connectivity index (χ2n) is 4.54. The zero-order valence-corrected chi connectivity index (χ0v) is 9.80. The molecule has 2 aromatic rings. The minimum absolute atomic E-state index is 0.463. The monoisotopic (exact) mass is 229 g/mol. The van der Waals surface area contributed by atoms with Gasteiger partial charge in [0, 0.05) is 12.1 Å². The summed E-state index contributed by atoms with van der Waals surface area (Å²) in [4.78, 5) is 4.43. The number of aryl methyl sites for hydroxylation is 2. The summed E-state index contributed by atoms with van der Waals surface area (Å²) in [5.74, 6) is 1.41. The summed E-state index contributed by atoms with van der Waals surface area (Å²) in [5, 5.41) is 14.3. The highest BCUT2D eigenvalue weighted by Gasteiger charge is 2.22. The first-order valence-corrected chi connectivity index (χ1v) is 5.94. The minimum atomic E-state index is -0.463. The number of aliphatic hydroxyl groups is 1. The smallest absolute Gasteiger partial charge is 0.181 e. The Kier molecular flexibility index (Phi) is 2.44. The summed E-state index contributed by atoms with van der Waals surface area (Å²) in [6.45, 7) is 2.91. The first-order valence-electron chi connectivity index (χ1n) is 5.94. The summed E-state index contributed by atoms with van der Waals surface area (Å²) in [6.07, 6.45) is 1.28. The third-order valence-corrected chi connectivity index (χ3v) is 3.16. The van der Waals surface area contributed by atoms with Crippen LogP contribution in [0.5, 0.6) is 0 Å². The van der Waals surface area contributed by atoms with Gasteiger partial charge in [-0.05, 0) is 19.8 Å². The highest BCUT2D eigenvalue weighted by atomic mass is 16.3. The van der Waals surface area contributed by atoms with E-state index in [1.807, 2.05) is 28.9 Å². The molecule has 88 valence electrons. The van der Waals surface area contributed by atoms with Crippen LogP contribution in [0.3, 0.4) is 0 Å². The Hall–Kier alpha value is -1.68. The largest absolute Gasteiger partial charge is 0.385 e. The van der Waals surface area contributed by atoms with Crippen molar-refractivity contribution in [2.75, 3.05) is 0 Å². The van der Waals surface area contributed by atoms with Gasteiger partial charge in [-0.15, -0.1) is 0 Å². The van der Waals surface area contributed by atoms with Crippen molar-refractivity contribution >= 4 is 0 Å². The van der Waals surface area contributed by atoms with Gasteiger partial charge >= 0.3 is 0 Å². The molecule has 2 heterocycles. The van der Waals surface area contributed by atoms with Gasteiger partial charge in [0.15, 0.2) is 11.6 Å². The lowest BCUT2D eigenvalue weighted by Gasteiger charge is -2.16. The molecule has 0 bridgehead atoms. The first kappa shape index (κ1) is 10.5. The molecule has 1 N–H and O–H groups in total. The molecule has 0 saturated carbocycles. The van der Waals surface area contributed by atoms with Gasteiger partial charge in [-0.25, -0.2) is 9.67 Å². The third kappa shape index (κ3) is 1.85. The van der Waals surface area contributed by atoms with Gasteiger partial charge < -0.3 is 5.11 Å². The van der Waals surface area contributed by atoms with E-state index < -0.39 is 6.10 Å². The maximum absolute atomic E-state index is 9.84. The Morgan fingerprint density at radius 2 is 2.06 bits per heavy atom. The Bertz CT molecular complexity index is 530. The van der Waals surface area contributed by atoms with E-state index >= 15 is 0 Å². The highest BCUT2D eigenvalue weighted by molar-refractivity contribution is 5.55. The fourth-order valence-electron chi connectivity index (χ4n) is 2.15. The predicted octanol–water partition coefficient (Wildman–Crippen LogP) is 2.08. The summed E-state index contributed by atoms with van der Waals surface area (Å²) in [7, 11) is 0. The van der Waals surface area contributed by atoms with Crippen LogP contribution in [-0.4, -0.2) is 19.9 Å². The lowest BCUT2D eigenvalue weighted by atomic mass is 10.1. The number of hydrogen-bond acceptors (Lipinski definition) is 3. The van der Waals surface area contributed by atoms with Crippen molar-refractivity contribution in [2.24, 2.45) is 0 Å². The second kappa shape index (κ2) is 3.96. The Morgan fingerprint density at radius 1 is 1.29 bits per heavy atom. The molecular formula is C13H15N3O. The second-order valence-corrected chi connectivity index (χ2v) is 4.54. The molecule has 1 aliphatic rings. The lowest BCUT2D eigenvalue weighted by Crippen LogP contribution is -2.16. The van der Waals surface area contributed by atoms with E-state index in [9.17, 15) is 5.11 Å². The summed E-state index contributed by atoms with van der Waals surface area (Å²) in [6, 6.07) is 8.13. The molecular weight excluding hydrogens is 214 g/mol. The topological polar surface area (TPSA) is 50.9 Å². The van der Waals surface area contributed by atoms with Gasteiger partial charge in [0.2, 0.25) is 0 Å². The average Bonchev–Trinajstić information content (AvgIpc) is 2.75. The quantitative estimate of drug-likeness (QED) is 0.814. The van der Waals surface area contributed by atoms with Crippen molar-refractivity contribution in [3.8, 4) is 11.4 Å². The number of hydrogen-bond donors (Lipinski definition) is 1. The molecule has 0 aliphatic carbocycles. The molecule has 0 spiro atoms. The molecule has 17 heavy (non-hydrogen) atoms. The van der Waals surface area contributed by atoms with Crippen LogP contribution >= 0.6 is 0 Å². The van der Waals surface area contributed by atoms with E-state index in [1.54, 1.807) is 0 Å². The molecule has 0 radical (unpaired) electrons. The van der Waals surface area contributed by atoms with E-state index in [2.05, 4.69) is 17.0 Å². The van der Waals surface area contributed by atoms with Crippen molar-refractivity contribution in [1.82, 2.24) is 14.8 Å². The van der Waals surface area contributed by atoms with E-state index in [-0.39, 0.29) is 0 Å². The van der Waals surface area contributed by atoms with Crippen LogP contribution in [-0.2, 0) is 6.54 Å². The van der Waals surface area contributed by atoms with Crippen molar-refractivity contribution in [3.63, 3.8) is 0 Å². The highest BCUT2D eigenvalue weighted by Crippen LogP contribution is 2.25. The maximum Gasteiger partial charge on any atom is 0.181 e. The van der Waals surface area contributed by atoms with Gasteiger partial charge in [-0.2, -0.15) is 5.10 Å². The number of rotatable bonds is 1. The zero-order chi connectivity index (χ0) is 11.8. The lowest BCUT2D eigenvalue weighted by molar-refractivity contribution is 0.130. The van der Waals surface area contributed by atoms with Crippen LogP contribution in [0.1, 0.15) is 30.3 Å². The van der Waals surface area contributed by atoms with Crippen LogP contribution in [0.25, 0.3) is 11.4 Å². The molecule has 3 rings (SSSR count).